The first-order chi connectivity index (χ1) is 15.5. The molecular weight excluding hydrogens is 442 g/mol. The van der Waals surface area contributed by atoms with Crippen molar-refractivity contribution in [1.29, 1.82) is 0 Å². The molecule has 1 aliphatic heterocycles. The second kappa shape index (κ2) is 8.80. The fourth-order valence-electron chi connectivity index (χ4n) is 4.26. The Labute approximate surface area is 194 Å². The van der Waals surface area contributed by atoms with E-state index in [4.69, 9.17) is 15.5 Å². The lowest BCUT2D eigenvalue weighted by atomic mass is 10.1. The Hall–Kier alpha value is -2.49. The zero-order chi connectivity index (χ0) is 22.2. The van der Waals surface area contributed by atoms with Gasteiger partial charge in [-0.05, 0) is 43.9 Å². The van der Waals surface area contributed by atoms with Gasteiger partial charge in [-0.25, -0.2) is 15.0 Å². The normalized spacial score (nSPS) is 16.4. The molecule has 2 N–H and O–H groups in total. The summed E-state index contributed by atoms with van der Waals surface area (Å²) in [5.74, 6) is 1.57. The number of aromatic nitrogens is 4. The lowest BCUT2D eigenvalue weighted by Gasteiger charge is -2.16. The molecule has 166 valence electrons. The van der Waals surface area contributed by atoms with Gasteiger partial charge >= 0.3 is 0 Å². The number of benzene rings is 1. The van der Waals surface area contributed by atoms with Crippen LogP contribution in [0.2, 0.25) is 0 Å². The van der Waals surface area contributed by atoms with Crippen molar-refractivity contribution >= 4 is 50.0 Å². The number of nitrogen functional groups attached to an aromatic ring is 1. The van der Waals surface area contributed by atoms with E-state index in [9.17, 15) is 4.79 Å². The molecule has 1 atom stereocenters. The van der Waals surface area contributed by atoms with Gasteiger partial charge in [-0.15, -0.1) is 11.3 Å². The van der Waals surface area contributed by atoms with Gasteiger partial charge in [-0.3, -0.25) is 9.36 Å². The smallest absolute Gasteiger partial charge is 0.263 e. The van der Waals surface area contributed by atoms with Crippen molar-refractivity contribution in [3.63, 3.8) is 0 Å². The Morgan fingerprint density at radius 1 is 1.28 bits per heavy atom. The number of anilines is 1. The van der Waals surface area contributed by atoms with E-state index in [0.29, 0.717) is 29.1 Å². The van der Waals surface area contributed by atoms with Crippen LogP contribution < -0.4 is 11.3 Å². The van der Waals surface area contributed by atoms with E-state index in [1.165, 1.54) is 11.8 Å². The molecule has 1 aromatic carbocycles. The molecule has 0 amide bonds. The highest BCUT2D eigenvalue weighted by molar-refractivity contribution is 7.98. The van der Waals surface area contributed by atoms with Crippen LogP contribution in [0.3, 0.4) is 0 Å². The third-order valence-corrected chi connectivity index (χ3v) is 7.86. The number of nitrogens with zero attached hydrogens (tertiary/aromatic N) is 4. The standard InChI is InChI=1S/C23H25N5O2S2/c1-3-15-13(2)32-21-19(15)22(29)28(11-14-7-6-10-30-14)23(27-21)31-12-18-25-17-9-5-4-8-16(17)20(24)26-18/h4-5,8-9,14H,3,6-7,10-12H2,1-2H3,(H2,24,25,26). The van der Waals surface area contributed by atoms with Crippen molar-refractivity contribution < 1.29 is 4.74 Å². The van der Waals surface area contributed by atoms with Crippen LogP contribution in [0.15, 0.2) is 34.2 Å². The second-order valence-corrected chi connectivity index (χ2v) is 10.1. The van der Waals surface area contributed by atoms with Gasteiger partial charge in [0.2, 0.25) is 0 Å². The molecule has 0 saturated carbocycles. The summed E-state index contributed by atoms with van der Waals surface area (Å²) in [6, 6.07) is 7.71. The monoisotopic (exact) mass is 467 g/mol. The lowest BCUT2D eigenvalue weighted by molar-refractivity contribution is 0.0937. The van der Waals surface area contributed by atoms with E-state index in [0.717, 1.165) is 57.4 Å². The van der Waals surface area contributed by atoms with Crippen molar-refractivity contribution in [2.75, 3.05) is 12.3 Å². The van der Waals surface area contributed by atoms with E-state index >= 15 is 0 Å². The summed E-state index contributed by atoms with van der Waals surface area (Å²) in [5.41, 5.74) is 8.09. The topological polar surface area (TPSA) is 95.9 Å². The quantitative estimate of drug-likeness (QED) is 0.333. The maximum atomic E-state index is 13.6. The SMILES string of the molecule is CCc1c(C)sc2nc(SCc3nc(N)c4ccccc4n3)n(CC3CCCO3)c(=O)c12. The van der Waals surface area contributed by atoms with Crippen molar-refractivity contribution in [3.05, 3.63) is 50.9 Å². The molecule has 5 rings (SSSR count). The fourth-order valence-corrected chi connectivity index (χ4v) is 6.28. The maximum absolute atomic E-state index is 13.6. The van der Waals surface area contributed by atoms with Crippen molar-refractivity contribution in [3.8, 4) is 0 Å². The predicted octanol–water partition coefficient (Wildman–Crippen LogP) is 4.33. The molecule has 32 heavy (non-hydrogen) atoms. The number of aryl methyl sites for hydroxylation is 2. The summed E-state index contributed by atoms with van der Waals surface area (Å²) in [7, 11) is 0. The highest BCUT2D eigenvalue weighted by Crippen LogP contribution is 2.31. The van der Waals surface area contributed by atoms with E-state index in [1.807, 2.05) is 24.3 Å². The van der Waals surface area contributed by atoms with Crippen LogP contribution in [-0.2, 0) is 23.5 Å². The maximum Gasteiger partial charge on any atom is 0.263 e. The van der Waals surface area contributed by atoms with E-state index in [2.05, 4.69) is 23.8 Å². The first-order valence-corrected chi connectivity index (χ1v) is 12.6. The summed E-state index contributed by atoms with van der Waals surface area (Å²) < 4.78 is 7.62. The number of nitrogens with two attached hydrogens (primary N) is 1. The molecule has 1 fully saturated rings. The lowest BCUT2D eigenvalue weighted by Crippen LogP contribution is -2.29. The van der Waals surface area contributed by atoms with Gasteiger partial charge in [0.15, 0.2) is 5.16 Å². The zero-order valence-electron chi connectivity index (χ0n) is 18.1. The van der Waals surface area contributed by atoms with Gasteiger partial charge in [0, 0.05) is 16.9 Å². The van der Waals surface area contributed by atoms with Crippen LogP contribution in [0.4, 0.5) is 5.82 Å². The molecule has 4 aromatic rings. The third-order valence-electron chi connectivity index (χ3n) is 5.85. The van der Waals surface area contributed by atoms with Gasteiger partial charge in [0.05, 0.1) is 29.3 Å². The molecule has 1 unspecified atom stereocenters. The van der Waals surface area contributed by atoms with Crippen molar-refractivity contribution in [1.82, 2.24) is 19.5 Å². The van der Waals surface area contributed by atoms with E-state index in [-0.39, 0.29) is 11.7 Å². The number of thiophene rings is 1. The molecule has 4 heterocycles. The summed E-state index contributed by atoms with van der Waals surface area (Å²) in [6.45, 7) is 5.42. The Morgan fingerprint density at radius 3 is 2.91 bits per heavy atom. The van der Waals surface area contributed by atoms with Crippen LogP contribution >= 0.6 is 23.1 Å². The minimum atomic E-state index is 0.0214. The molecule has 3 aromatic heterocycles. The summed E-state index contributed by atoms with van der Waals surface area (Å²) >= 11 is 3.06. The first kappa shape index (κ1) is 21.4. The summed E-state index contributed by atoms with van der Waals surface area (Å²) in [4.78, 5) is 29.6. The average Bonchev–Trinajstić information content (AvgIpc) is 3.41. The highest BCUT2D eigenvalue weighted by Gasteiger charge is 2.23. The Kier molecular flexibility index (Phi) is 5.88. The van der Waals surface area contributed by atoms with Gasteiger partial charge in [-0.1, -0.05) is 30.8 Å². The molecule has 0 spiro atoms. The second-order valence-electron chi connectivity index (χ2n) is 7.95. The molecular formula is C23H25N5O2S2. The Morgan fingerprint density at radius 2 is 2.12 bits per heavy atom. The molecule has 9 heteroatoms. The van der Waals surface area contributed by atoms with Gasteiger partial charge in [-0.2, -0.15) is 0 Å². The zero-order valence-corrected chi connectivity index (χ0v) is 19.8. The molecule has 1 saturated heterocycles. The number of hydrogen-bond acceptors (Lipinski definition) is 8. The Bertz CT molecular complexity index is 1360. The number of hydrogen-bond donors (Lipinski definition) is 1. The van der Waals surface area contributed by atoms with Crippen LogP contribution in [0.1, 0.15) is 36.0 Å². The van der Waals surface area contributed by atoms with Crippen LogP contribution in [0.25, 0.3) is 21.1 Å². The molecule has 0 bridgehead atoms. The minimum Gasteiger partial charge on any atom is -0.383 e. The number of thioether (sulfide) groups is 1. The van der Waals surface area contributed by atoms with Gasteiger partial charge < -0.3 is 10.5 Å². The first-order valence-electron chi connectivity index (χ1n) is 10.8. The number of para-hydroxylation sites is 1. The molecule has 0 aliphatic carbocycles. The van der Waals surface area contributed by atoms with Gasteiger partial charge in [0.25, 0.3) is 5.56 Å². The largest absolute Gasteiger partial charge is 0.383 e. The molecule has 7 nitrogen and oxygen atoms in total. The molecule has 1 aliphatic rings. The average molecular weight is 468 g/mol. The van der Waals surface area contributed by atoms with Crippen molar-refractivity contribution in [2.24, 2.45) is 0 Å². The third kappa shape index (κ3) is 3.89. The number of ether oxygens (including phenoxy) is 1. The number of fused-ring (bicyclic) bond motifs is 2. The summed E-state index contributed by atoms with van der Waals surface area (Å²) in [5, 5.41) is 2.28. The van der Waals surface area contributed by atoms with E-state index < -0.39 is 0 Å². The van der Waals surface area contributed by atoms with Gasteiger partial charge in [0.1, 0.15) is 16.5 Å². The summed E-state index contributed by atoms with van der Waals surface area (Å²) in [6.07, 6.45) is 2.85. The van der Waals surface area contributed by atoms with E-state index in [1.54, 1.807) is 15.9 Å². The predicted molar refractivity (Wildman–Crippen MR) is 130 cm³/mol. The highest BCUT2D eigenvalue weighted by atomic mass is 32.2. The number of rotatable bonds is 6. The fraction of sp³-hybridized carbons (Fsp3) is 0.391. The minimum absolute atomic E-state index is 0.0214. The van der Waals surface area contributed by atoms with Crippen molar-refractivity contribution in [2.45, 2.75) is 56.7 Å². The Balaban J connectivity index is 1.54. The molecule has 0 radical (unpaired) electrons. The van der Waals surface area contributed by atoms with Crippen LogP contribution in [0.5, 0.6) is 0 Å². The van der Waals surface area contributed by atoms with Crippen LogP contribution in [0, 0.1) is 6.92 Å². The van der Waals surface area contributed by atoms with Crippen LogP contribution in [-0.4, -0.2) is 32.2 Å².